The summed E-state index contributed by atoms with van der Waals surface area (Å²) in [6, 6.07) is 9.14. The molecule has 2 aromatic heterocycles. The lowest BCUT2D eigenvalue weighted by Crippen LogP contribution is -1.85. The lowest BCUT2D eigenvalue weighted by atomic mass is 10.2. The van der Waals surface area contributed by atoms with E-state index in [1.807, 2.05) is 18.2 Å². The van der Waals surface area contributed by atoms with E-state index in [0.29, 0.717) is 22.3 Å². The minimum atomic E-state index is 0.533. The van der Waals surface area contributed by atoms with Crippen LogP contribution in [0.15, 0.2) is 52.5 Å². The zero-order chi connectivity index (χ0) is 14.7. The second-order valence-corrected chi connectivity index (χ2v) is 4.55. The average Bonchev–Trinajstić information content (AvgIpc) is 3.16. The maximum Gasteiger partial charge on any atom is 0.147 e. The Bertz CT molecular complexity index is 765. The van der Waals surface area contributed by atoms with Gasteiger partial charge < -0.3 is 9.15 Å². The van der Waals surface area contributed by atoms with Crippen molar-refractivity contribution in [1.29, 1.82) is 0 Å². The maximum atomic E-state index is 6.10. The minimum absolute atomic E-state index is 0.533. The summed E-state index contributed by atoms with van der Waals surface area (Å²) in [5, 5.41) is 12.0. The van der Waals surface area contributed by atoms with Gasteiger partial charge >= 0.3 is 0 Å². The third kappa shape index (κ3) is 2.95. The largest absolute Gasteiger partial charge is 0.495 e. The highest BCUT2D eigenvalue weighted by Gasteiger charge is 2.07. The SMILES string of the molecule is COc1ccc(-c2ccc(C=Nn3cnnc3)o2)cc1Cl. The number of methoxy groups -OCH3 is 1. The molecule has 0 bridgehead atoms. The lowest BCUT2D eigenvalue weighted by Gasteiger charge is -2.03. The van der Waals surface area contributed by atoms with E-state index in [1.165, 1.54) is 17.3 Å². The predicted octanol–water partition coefficient (Wildman–Crippen LogP) is 3.08. The van der Waals surface area contributed by atoms with Crippen molar-refractivity contribution in [3.05, 3.63) is 53.8 Å². The first-order valence-corrected chi connectivity index (χ1v) is 6.47. The molecule has 3 aromatic rings. The van der Waals surface area contributed by atoms with Crippen LogP contribution >= 0.6 is 11.6 Å². The number of ether oxygens (including phenoxy) is 1. The number of aromatic nitrogens is 3. The second-order valence-electron chi connectivity index (χ2n) is 4.14. The molecule has 7 heteroatoms. The summed E-state index contributed by atoms with van der Waals surface area (Å²) in [4.78, 5) is 0. The highest BCUT2D eigenvalue weighted by molar-refractivity contribution is 6.32. The number of nitrogens with zero attached hydrogens (tertiary/aromatic N) is 4. The van der Waals surface area contributed by atoms with Gasteiger partial charge in [-0.2, -0.15) is 5.10 Å². The molecule has 0 atom stereocenters. The van der Waals surface area contributed by atoms with E-state index in [4.69, 9.17) is 20.8 Å². The standard InChI is InChI=1S/C14H11ClN4O2/c1-20-14-4-2-10(6-12(14)15)13-5-3-11(21-13)7-18-19-8-16-17-9-19/h2-9H,1H3. The third-order valence-corrected chi connectivity index (χ3v) is 3.08. The van der Waals surface area contributed by atoms with Gasteiger partial charge in [0.25, 0.3) is 0 Å². The van der Waals surface area contributed by atoms with Gasteiger partial charge in [-0.1, -0.05) is 11.6 Å². The molecule has 0 amide bonds. The Morgan fingerprint density at radius 1 is 1.24 bits per heavy atom. The van der Waals surface area contributed by atoms with Crippen molar-refractivity contribution >= 4 is 17.8 Å². The predicted molar refractivity (Wildman–Crippen MR) is 78.7 cm³/mol. The molecule has 6 nitrogen and oxygen atoms in total. The molecule has 3 rings (SSSR count). The minimum Gasteiger partial charge on any atom is -0.495 e. The van der Waals surface area contributed by atoms with Crippen LogP contribution < -0.4 is 4.74 Å². The smallest absolute Gasteiger partial charge is 0.147 e. The summed E-state index contributed by atoms with van der Waals surface area (Å²) in [6.45, 7) is 0. The van der Waals surface area contributed by atoms with Crippen LogP contribution in [0.3, 0.4) is 0 Å². The first-order valence-electron chi connectivity index (χ1n) is 6.09. The van der Waals surface area contributed by atoms with Crippen molar-refractivity contribution in [2.24, 2.45) is 5.10 Å². The van der Waals surface area contributed by atoms with Crippen LogP contribution in [0.5, 0.6) is 5.75 Å². The Labute approximate surface area is 125 Å². The molecule has 21 heavy (non-hydrogen) atoms. The molecule has 0 spiro atoms. The molecule has 0 unspecified atom stereocenters. The summed E-state index contributed by atoms with van der Waals surface area (Å²) in [5.74, 6) is 1.94. The van der Waals surface area contributed by atoms with E-state index in [-0.39, 0.29) is 0 Å². The number of benzene rings is 1. The summed E-state index contributed by atoms with van der Waals surface area (Å²) in [7, 11) is 1.58. The van der Waals surface area contributed by atoms with Gasteiger partial charge in [0.2, 0.25) is 0 Å². The zero-order valence-electron chi connectivity index (χ0n) is 11.1. The molecule has 0 fully saturated rings. The lowest BCUT2D eigenvalue weighted by molar-refractivity contribution is 0.415. The third-order valence-electron chi connectivity index (χ3n) is 2.79. The van der Waals surface area contributed by atoms with Crippen LogP contribution in [-0.4, -0.2) is 28.2 Å². The zero-order valence-corrected chi connectivity index (χ0v) is 11.9. The molecule has 1 aromatic carbocycles. The maximum absolute atomic E-state index is 6.10. The van der Waals surface area contributed by atoms with Crippen molar-refractivity contribution in [2.75, 3.05) is 7.11 Å². The Balaban J connectivity index is 1.83. The number of furan rings is 1. The summed E-state index contributed by atoms with van der Waals surface area (Å²) >= 11 is 6.10. The Morgan fingerprint density at radius 3 is 2.76 bits per heavy atom. The highest BCUT2D eigenvalue weighted by atomic mass is 35.5. The Kier molecular flexibility index (Phi) is 3.70. The molecule has 106 valence electrons. The number of hydrogen-bond donors (Lipinski definition) is 0. The molecule has 0 radical (unpaired) electrons. The van der Waals surface area contributed by atoms with Crippen LogP contribution in [0.4, 0.5) is 0 Å². The van der Waals surface area contributed by atoms with Crippen LogP contribution in [0.25, 0.3) is 11.3 Å². The Morgan fingerprint density at radius 2 is 2.05 bits per heavy atom. The van der Waals surface area contributed by atoms with Crippen molar-refractivity contribution in [2.45, 2.75) is 0 Å². The van der Waals surface area contributed by atoms with E-state index in [0.717, 1.165) is 5.56 Å². The first-order chi connectivity index (χ1) is 10.3. The Hall–Kier alpha value is -2.60. The molecule has 0 aliphatic heterocycles. The van der Waals surface area contributed by atoms with Crippen LogP contribution in [-0.2, 0) is 0 Å². The molecule has 0 aliphatic carbocycles. The van der Waals surface area contributed by atoms with Crippen LogP contribution in [0, 0.1) is 0 Å². The van der Waals surface area contributed by atoms with Gasteiger partial charge in [0.1, 0.15) is 29.9 Å². The summed E-state index contributed by atoms with van der Waals surface area (Å²) in [6.07, 6.45) is 4.56. The van der Waals surface area contributed by atoms with Crippen molar-refractivity contribution in [1.82, 2.24) is 14.9 Å². The fraction of sp³-hybridized carbons (Fsp3) is 0.0714. The van der Waals surface area contributed by atoms with Gasteiger partial charge in [0.05, 0.1) is 18.3 Å². The molecule has 0 saturated carbocycles. The van der Waals surface area contributed by atoms with Gasteiger partial charge in [-0.25, -0.2) is 4.68 Å². The van der Waals surface area contributed by atoms with Gasteiger partial charge in [0, 0.05) is 5.56 Å². The van der Waals surface area contributed by atoms with E-state index in [9.17, 15) is 0 Å². The first kappa shape index (κ1) is 13.4. The van der Waals surface area contributed by atoms with E-state index >= 15 is 0 Å². The number of halogens is 1. The molecular weight excluding hydrogens is 292 g/mol. The average molecular weight is 303 g/mol. The summed E-state index contributed by atoms with van der Waals surface area (Å²) < 4.78 is 12.3. The van der Waals surface area contributed by atoms with Gasteiger partial charge in [0.15, 0.2) is 0 Å². The van der Waals surface area contributed by atoms with Gasteiger partial charge in [-0.15, -0.1) is 10.2 Å². The monoisotopic (exact) mass is 302 g/mol. The molecule has 0 saturated heterocycles. The van der Waals surface area contributed by atoms with Crippen LogP contribution in [0.2, 0.25) is 5.02 Å². The topological polar surface area (TPSA) is 65.4 Å². The normalized spacial score (nSPS) is 11.1. The van der Waals surface area contributed by atoms with Gasteiger partial charge in [-0.3, -0.25) is 0 Å². The van der Waals surface area contributed by atoms with Crippen molar-refractivity contribution < 1.29 is 9.15 Å². The highest BCUT2D eigenvalue weighted by Crippen LogP contribution is 2.30. The van der Waals surface area contributed by atoms with E-state index < -0.39 is 0 Å². The van der Waals surface area contributed by atoms with Gasteiger partial charge in [-0.05, 0) is 30.3 Å². The quantitative estimate of drug-likeness (QED) is 0.695. The fourth-order valence-electron chi connectivity index (χ4n) is 1.78. The molecule has 0 N–H and O–H groups in total. The van der Waals surface area contributed by atoms with E-state index in [1.54, 1.807) is 25.5 Å². The second kappa shape index (κ2) is 5.80. The number of rotatable bonds is 4. The van der Waals surface area contributed by atoms with E-state index in [2.05, 4.69) is 15.3 Å². The van der Waals surface area contributed by atoms with Crippen LogP contribution in [0.1, 0.15) is 5.76 Å². The molecule has 0 aliphatic rings. The van der Waals surface area contributed by atoms with Crippen molar-refractivity contribution in [3.8, 4) is 17.1 Å². The fourth-order valence-corrected chi connectivity index (χ4v) is 2.03. The summed E-state index contributed by atoms with van der Waals surface area (Å²) in [5.41, 5.74) is 0.866. The molecule has 2 heterocycles. The molecular formula is C14H11ClN4O2. The number of hydrogen-bond acceptors (Lipinski definition) is 5. The van der Waals surface area contributed by atoms with Crippen molar-refractivity contribution in [3.63, 3.8) is 0 Å².